The van der Waals surface area contributed by atoms with Gasteiger partial charge in [-0.1, -0.05) is 19.3 Å². The molecule has 7 heteroatoms. The van der Waals surface area contributed by atoms with Gasteiger partial charge in [-0.05, 0) is 25.7 Å². The summed E-state index contributed by atoms with van der Waals surface area (Å²) in [5.74, 6) is 0.0852. The lowest BCUT2D eigenvalue weighted by atomic mass is 9.84. The Balaban J connectivity index is 2.05. The van der Waals surface area contributed by atoms with Gasteiger partial charge in [-0.3, -0.25) is 4.79 Å². The number of nitrogens with zero attached hydrogens (tertiary/aromatic N) is 1. The van der Waals surface area contributed by atoms with E-state index in [2.05, 4.69) is 0 Å². The van der Waals surface area contributed by atoms with Crippen molar-refractivity contribution in [2.75, 3.05) is 26.3 Å². The lowest BCUT2D eigenvalue weighted by molar-refractivity contribution is -0.154. The minimum atomic E-state index is -1.36. The van der Waals surface area contributed by atoms with Crippen LogP contribution in [0.5, 0.6) is 0 Å². The van der Waals surface area contributed by atoms with Crippen LogP contribution in [0.15, 0.2) is 0 Å². The maximum Gasteiger partial charge on any atom is 0.225 e. The summed E-state index contributed by atoms with van der Waals surface area (Å²) < 4.78 is 5.50. The van der Waals surface area contributed by atoms with E-state index in [9.17, 15) is 20.1 Å². The molecule has 1 aliphatic heterocycles. The van der Waals surface area contributed by atoms with Crippen molar-refractivity contribution in [1.29, 1.82) is 0 Å². The van der Waals surface area contributed by atoms with Crippen LogP contribution in [0.25, 0.3) is 0 Å². The molecule has 4 N–H and O–H groups in total. The summed E-state index contributed by atoms with van der Waals surface area (Å²) in [5, 5.41) is 39.7. The molecule has 0 aromatic carbocycles. The normalized spacial score (nSPS) is 32.3. The fourth-order valence-corrected chi connectivity index (χ4v) is 3.28. The first-order valence-corrected chi connectivity index (χ1v) is 9.10. The predicted octanol–water partition coefficient (Wildman–Crippen LogP) is -0.351. The van der Waals surface area contributed by atoms with E-state index in [1.54, 1.807) is 4.90 Å². The Morgan fingerprint density at radius 2 is 1.83 bits per heavy atom. The molecule has 4 atom stereocenters. The second-order valence-corrected chi connectivity index (χ2v) is 6.97. The number of hydrogen-bond donors (Lipinski definition) is 4. The fourth-order valence-electron chi connectivity index (χ4n) is 3.28. The van der Waals surface area contributed by atoms with Gasteiger partial charge < -0.3 is 30.1 Å². The fraction of sp³-hybridized carbons (Fsp3) is 0.941. The van der Waals surface area contributed by atoms with E-state index in [4.69, 9.17) is 9.84 Å². The molecule has 1 saturated heterocycles. The zero-order valence-electron chi connectivity index (χ0n) is 14.2. The maximum absolute atomic E-state index is 12.5. The zero-order chi connectivity index (χ0) is 17.5. The van der Waals surface area contributed by atoms with Gasteiger partial charge in [0.15, 0.2) is 0 Å². The molecule has 1 amide bonds. The average molecular weight is 345 g/mol. The van der Waals surface area contributed by atoms with E-state index < -0.39 is 31.0 Å². The van der Waals surface area contributed by atoms with E-state index in [-0.39, 0.29) is 18.4 Å². The molecule has 2 fully saturated rings. The molecular formula is C17H31NO6. The number of aliphatic hydroxyl groups excluding tert-OH is 4. The lowest BCUT2D eigenvalue weighted by Crippen LogP contribution is -2.53. The second-order valence-electron chi connectivity index (χ2n) is 6.97. The third-order valence-electron chi connectivity index (χ3n) is 5.10. The molecule has 0 radical (unpaired) electrons. The molecule has 1 heterocycles. The van der Waals surface area contributed by atoms with Crippen molar-refractivity contribution in [3.63, 3.8) is 0 Å². The summed E-state index contributed by atoms with van der Waals surface area (Å²) in [6, 6.07) is 0. The number of amides is 1. The van der Waals surface area contributed by atoms with Gasteiger partial charge >= 0.3 is 0 Å². The summed E-state index contributed by atoms with van der Waals surface area (Å²) in [5.41, 5.74) is 0. The van der Waals surface area contributed by atoms with Crippen molar-refractivity contribution in [1.82, 2.24) is 4.90 Å². The lowest BCUT2D eigenvalue weighted by Gasteiger charge is -2.36. The number of carbonyl (C=O) groups is 1. The van der Waals surface area contributed by atoms with E-state index in [1.807, 2.05) is 0 Å². The van der Waals surface area contributed by atoms with Crippen LogP contribution < -0.4 is 0 Å². The summed E-state index contributed by atoms with van der Waals surface area (Å²) in [6.07, 6.45) is 1.47. The summed E-state index contributed by atoms with van der Waals surface area (Å²) >= 11 is 0. The molecular weight excluding hydrogens is 314 g/mol. The highest BCUT2D eigenvalue weighted by Crippen LogP contribution is 2.28. The molecule has 0 unspecified atom stereocenters. The van der Waals surface area contributed by atoms with Crippen LogP contribution in [-0.4, -0.2) is 82.0 Å². The summed E-state index contributed by atoms with van der Waals surface area (Å²) in [4.78, 5) is 14.2. The number of hydrogen-bond acceptors (Lipinski definition) is 6. The van der Waals surface area contributed by atoms with Crippen LogP contribution in [0.2, 0.25) is 0 Å². The maximum atomic E-state index is 12.5. The van der Waals surface area contributed by atoms with E-state index in [0.29, 0.717) is 13.2 Å². The predicted molar refractivity (Wildman–Crippen MR) is 87.2 cm³/mol. The minimum absolute atomic E-state index is 0.0223. The Morgan fingerprint density at radius 3 is 2.46 bits per heavy atom. The first-order valence-electron chi connectivity index (χ1n) is 9.10. The van der Waals surface area contributed by atoms with Gasteiger partial charge in [-0.25, -0.2) is 0 Å². The van der Waals surface area contributed by atoms with E-state index >= 15 is 0 Å². The third kappa shape index (κ3) is 5.13. The second kappa shape index (κ2) is 9.68. The highest BCUT2D eigenvalue weighted by molar-refractivity contribution is 5.79. The van der Waals surface area contributed by atoms with Gasteiger partial charge in [0.05, 0.1) is 6.61 Å². The molecule has 24 heavy (non-hydrogen) atoms. The van der Waals surface area contributed by atoms with Gasteiger partial charge in [0.2, 0.25) is 5.91 Å². The Labute approximate surface area is 143 Å². The topological polar surface area (TPSA) is 110 Å². The minimum Gasteiger partial charge on any atom is -0.394 e. The van der Waals surface area contributed by atoms with Crippen LogP contribution in [0.3, 0.4) is 0 Å². The van der Waals surface area contributed by atoms with Gasteiger partial charge in [-0.2, -0.15) is 0 Å². The quantitative estimate of drug-likeness (QED) is 0.556. The first-order chi connectivity index (χ1) is 11.5. The van der Waals surface area contributed by atoms with Crippen LogP contribution in [0.4, 0.5) is 0 Å². The molecule has 140 valence electrons. The number of carbonyl (C=O) groups excluding carboxylic acids is 1. The van der Waals surface area contributed by atoms with Crippen molar-refractivity contribution in [2.24, 2.45) is 5.92 Å². The number of β-amino-alcohol motifs (C(OH)–C–C–N with tert-alkyl or cyclic N) is 1. The molecule has 7 nitrogen and oxygen atoms in total. The van der Waals surface area contributed by atoms with Crippen molar-refractivity contribution in [3.8, 4) is 0 Å². The highest BCUT2D eigenvalue weighted by atomic mass is 16.5. The van der Waals surface area contributed by atoms with E-state index in [0.717, 1.165) is 44.9 Å². The van der Waals surface area contributed by atoms with Gasteiger partial charge in [0, 0.05) is 25.6 Å². The van der Waals surface area contributed by atoms with Crippen LogP contribution in [0.1, 0.15) is 44.9 Å². The standard InChI is InChI=1S/C17H31NO6/c19-11-14(21)16-15(22)13(20)10-18(17(23)12-6-5-7-12)8-3-1-2-4-9-24-16/h12-16,19-22H,1-11H2/t13-,14+,15+,16+/m0/s1. The monoisotopic (exact) mass is 345 g/mol. The summed E-state index contributed by atoms with van der Waals surface area (Å²) in [6.45, 7) is 0.400. The van der Waals surface area contributed by atoms with E-state index in [1.165, 1.54) is 0 Å². The smallest absolute Gasteiger partial charge is 0.225 e. The Kier molecular flexibility index (Phi) is 7.90. The van der Waals surface area contributed by atoms with Crippen LogP contribution in [-0.2, 0) is 9.53 Å². The SMILES string of the molecule is O=C(C1CCC1)N1CCCCCCO[C@H]([C@H](O)CO)[C@H](O)[C@@H](O)C1. The van der Waals surface area contributed by atoms with Crippen molar-refractivity contribution in [3.05, 3.63) is 0 Å². The highest BCUT2D eigenvalue weighted by Gasteiger charge is 2.36. The molecule has 1 saturated carbocycles. The molecule has 1 aliphatic carbocycles. The van der Waals surface area contributed by atoms with Gasteiger partial charge in [0.1, 0.15) is 24.4 Å². The molecule has 0 spiro atoms. The number of rotatable bonds is 3. The number of aliphatic hydroxyl groups is 4. The third-order valence-corrected chi connectivity index (χ3v) is 5.10. The van der Waals surface area contributed by atoms with Crippen molar-refractivity contribution < 1.29 is 30.0 Å². The van der Waals surface area contributed by atoms with Gasteiger partial charge in [0.25, 0.3) is 0 Å². The van der Waals surface area contributed by atoms with Gasteiger partial charge in [-0.15, -0.1) is 0 Å². The summed E-state index contributed by atoms with van der Waals surface area (Å²) in [7, 11) is 0. The Bertz CT molecular complexity index is 389. The average Bonchev–Trinajstić information content (AvgIpc) is 2.52. The Morgan fingerprint density at radius 1 is 1.12 bits per heavy atom. The van der Waals surface area contributed by atoms with Crippen molar-refractivity contribution in [2.45, 2.75) is 69.4 Å². The largest absolute Gasteiger partial charge is 0.394 e. The molecule has 0 aromatic heterocycles. The molecule has 0 bridgehead atoms. The van der Waals surface area contributed by atoms with Crippen LogP contribution in [0, 0.1) is 5.92 Å². The van der Waals surface area contributed by atoms with Crippen LogP contribution >= 0.6 is 0 Å². The molecule has 2 rings (SSSR count). The first kappa shape index (κ1) is 19.6. The molecule has 2 aliphatic rings. The van der Waals surface area contributed by atoms with Crippen molar-refractivity contribution >= 4 is 5.91 Å². The Hall–Kier alpha value is -0.730. The molecule has 0 aromatic rings. The number of ether oxygens (including phenoxy) is 1. The zero-order valence-corrected chi connectivity index (χ0v) is 14.2.